The molecule has 2 aliphatic heterocycles. The van der Waals surface area contributed by atoms with E-state index in [0.29, 0.717) is 24.4 Å². The van der Waals surface area contributed by atoms with Crippen molar-refractivity contribution in [3.05, 3.63) is 11.6 Å². The second-order valence-electron chi connectivity index (χ2n) is 10.2. The molecule has 0 radical (unpaired) electrons. The van der Waals surface area contributed by atoms with E-state index in [4.69, 9.17) is 9.47 Å². The lowest BCUT2D eigenvalue weighted by atomic mass is 9.45. The third-order valence-corrected chi connectivity index (χ3v) is 9.61. The van der Waals surface area contributed by atoms with Crippen molar-refractivity contribution in [1.82, 2.24) is 0 Å². The molecule has 3 saturated carbocycles. The lowest BCUT2D eigenvalue weighted by Gasteiger charge is -2.62. The van der Waals surface area contributed by atoms with E-state index in [-0.39, 0.29) is 28.6 Å². The molecule has 2 N–H and O–H groups in total. The number of ether oxygens (including phenoxy) is 2. The summed E-state index contributed by atoms with van der Waals surface area (Å²) in [5.74, 6) is 0.808. The molecule has 4 aliphatic carbocycles. The monoisotopic (exact) mass is 346 g/mol. The van der Waals surface area contributed by atoms with Gasteiger partial charge in [0.15, 0.2) is 5.79 Å². The zero-order chi connectivity index (χ0) is 17.2. The second-order valence-corrected chi connectivity index (χ2v) is 10.2. The summed E-state index contributed by atoms with van der Waals surface area (Å²) in [4.78, 5) is 0. The molecule has 4 nitrogen and oxygen atoms in total. The zero-order valence-electron chi connectivity index (χ0n) is 15.3. The van der Waals surface area contributed by atoms with Crippen LogP contribution in [0, 0.1) is 28.6 Å². The maximum absolute atomic E-state index is 11.4. The van der Waals surface area contributed by atoms with Gasteiger partial charge >= 0.3 is 0 Å². The van der Waals surface area contributed by atoms with Crippen molar-refractivity contribution in [3.8, 4) is 0 Å². The first kappa shape index (κ1) is 15.6. The van der Waals surface area contributed by atoms with E-state index >= 15 is 0 Å². The van der Waals surface area contributed by atoms with Gasteiger partial charge in [-0.25, -0.2) is 0 Å². The highest BCUT2D eigenvalue weighted by Gasteiger charge is 2.84. The normalized spacial score (nSPS) is 64.5. The number of hydrogen-bond acceptors (Lipinski definition) is 4. The molecule has 0 aromatic rings. The number of rotatable bonds is 0. The lowest BCUT2D eigenvalue weighted by Crippen LogP contribution is -2.67. The first-order valence-electron chi connectivity index (χ1n) is 10.3. The molecule has 6 rings (SSSR count). The second kappa shape index (κ2) is 4.35. The summed E-state index contributed by atoms with van der Waals surface area (Å²) < 4.78 is 12.8. The van der Waals surface area contributed by atoms with Crippen molar-refractivity contribution >= 4 is 0 Å². The van der Waals surface area contributed by atoms with Gasteiger partial charge in [-0.1, -0.05) is 18.6 Å². The first-order valence-corrected chi connectivity index (χ1v) is 10.3. The first-order chi connectivity index (χ1) is 11.9. The Labute approximate surface area is 149 Å². The summed E-state index contributed by atoms with van der Waals surface area (Å²) in [6, 6.07) is 0. The van der Waals surface area contributed by atoms with Gasteiger partial charge in [-0.15, -0.1) is 0 Å². The Morgan fingerprint density at radius 1 is 1.12 bits per heavy atom. The van der Waals surface area contributed by atoms with Crippen LogP contribution in [0.2, 0.25) is 0 Å². The number of aliphatic hydroxyl groups is 2. The highest BCUT2D eigenvalue weighted by atomic mass is 16.7. The standard InChI is InChI=1S/C21H30O4/c1-18-7-5-13(22)9-12(18)3-4-14-15(18)10-17(23)20-11-24-19(2)16(20)6-8-21(14,20)25-19/h3,13-17,22-23H,4-11H2,1-2H3/t13-,14+,15-,16+,17+,18-,19-,20-,21-/m0/s1. The Morgan fingerprint density at radius 2 is 1.96 bits per heavy atom. The zero-order valence-corrected chi connectivity index (χ0v) is 15.3. The highest BCUT2D eigenvalue weighted by Crippen LogP contribution is 2.77. The Kier molecular flexibility index (Phi) is 2.72. The summed E-state index contributed by atoms with van der Waals surface area (Å²) in [7, 11) is 0. The molecule has 5 fully saturated rings. The van der Waals surface area contributed by atoms with Crippen molar-refractivity contribution in [1.29, 1.82) is 0 Å². The Bertz CT molecular complexity index is 675. The molecule has 2 saturated heterocycles. The Morgan fingerprint density at radius 3 is 2.80 bits per heavy atom. The SMILES string of the molecule is C[C@@]12OC[C@]34[C@H](O)C[C@H]5[C@@H](CC=C6C[C@@H](O)CC[C@@]65C)[C@]3(CC[C@H]14)O2. The highest BCUT2D eigenvalue weighted by molar-refractivity contribution is 5.33. The minimum atomic E-state index is -0.484. The summed E-state index contributed by atoms with van der Waals surface area (Å²) in [5, 5.41) is 21.6. The van der Waals surface area contributed by atoms with Gasteiger partial charge in [0, 0.05) is 5.92 Å². The number of allylic oxidation sites excluding steroid dienone is 1. The summed E-state index contributed by atoms with van der Waals surface area (Å²) in [6.07, 6.45) is 8.77. The van der Waals surface area contributed by atoms with E-state index in [0.717, 1.165) is 44.9 Å². The topological polar surface area (TPSA) is 58.9 Å². The summed E-state index contributed by atoms with van der Waals surface area (Å²) >= 11 is 0. The van der Waals surface area contributed by atoms with Gasteiger partial charge in [0.1, 0.15) is 0 Å². The van der Waals surface area contributed by atoms with Crippen LogP contribution in [0.15, 0.2) is 11.6 Å². The summed E-state index contributed by atoms with van der Waals surface area (Å²) in [5.41, 5.74) is 1.17. The molecule has 2 heterocycles. The van der Waals surface area contributed by atoms with Crippen LogP contribution >= 0.6 is 0 Å². The van der Waals surface area contributed by atoms with Crippen LogP contribution in [0.4, 0.5) is 0 Å². The fourth-order valence-electron chi connectivity index (χ4n) is 8.51. The Hall–Kier alpha value is -0.420. The molecule has 0 amide bonds. The van der Waals surface area contributed by atoms with Crippen molar-refractivity contribution in [2.75, 3.05) is 6.61 Å². The predicted molar refractivity (Wildman–Crippen MR) is 91.6 cm³/mol. The van der Waals surface area contributed by atoms with Crippen molar-refractivity contribution in [2.24, 2.45) is 28.6 Å². The minimum Gasteiger partial charge on any atom is -0.393 e. The van der Waals surface area contributed by atoms with E-state index in [1.165, 1.54) is 5.57 Å². The van der Waals surface area contributed by atoms with Crippen LogP contribution < -0.4 is 0 Å². The van der Waals surface area contributed by atoms with E-state index in [1.807, 2.05) is 0 Å². The smallest absolute Gasteiger partial charge is 0.169 e. The molecule has 138 valence electrons. The van der Waals surface area contributed by atoms with Crippen LogP contribution in [-0.2, 0) is 9.47 Å². The quantitative estimate of drug-likeness (QED) is 0.662. The molecule has 0 aromatic heterocycles. The molecule has 4 heteroatoms. The molecule has 4 bridgehead atoms. The number of fused-ring (bicyclic) bond motifs is 3. The maximum atomic E-state index is 11.4. The molecular weight excluding hydrogens is 316 g/mol. The number of hydrogen-bond donors (Lipinski definition) is 2. The average molecular weight is 346 g/mol. The molecule has 9 atom stereocenters. The summed E-state index contributed by atoms with van der Waals surface area (Å²) in [6.45, 7) is 5.17. The molecule has 0 unspecified atom stereocenters. The molecule has 0 aromatic carbocycles. The van der Waals surface area contributed by atoms with Crippen molar-refractivity contribution in [3.63, 3.8) is 0 Å². The largest absolute Gasteiger partial charge is 0.393 e. The van der Waals surface area contributed by atoms with E-state index < -0.39 is 5.79 Å². The average Bonchev–Trinajstić information content (AvgIpc) is 3.14. The third-order valence-electron chi connectivity index (χ3n) is 9.61. The fourth-order valence-corrected chi connectivity index (χ4v) is 8.51. The van der Waals surface area contributed by atoms with Gasteiger partial charge in [0.2, 0.25) is 0 Å². The van der Waals surface area contributed by atoms with Crippen LogP contribution in [0.3, 0.4) is 0 Å². The Balaban J connectivity index is 1.49. The van der Waals surface area contributed by atoms with E-state index in [9.17, 15) is 10.2 Å². The molecule has 1 spiro atoms. The third kappa shape index (κ3) is 1.46. The van der Waals surface area contributed by atoms with Gasteiger partial charge in [-0.3, -0.25) is 0 Å². The van der Waals surface area contributed by atoms with Gasteiger partial charge in [0.25, 0.3) is 0 Å². The van der Waals surface area contributed by atoms with Crippen LogP contribution in [-0.4, -0.2) is 40.4 Å². The van der Waals surface area contributed by atoms with Gasteiger partial charge in [0.05, 0.1) is 29.8 Å². The van der Waals surface area contributed by atoms with Crippen LogP contribution in [0.25, 0.3) is 0 Å². The van der Waals surface area contributed by atoms with Crippen molar-refractivity contribution < 1.29 is 19.7 Å². The minimum absolute atomic E-state index is 0.116. The lowest BCUT2D eigenvalue weighted by molar-refractivity contribution is -0.337. The maximum Gasteiger partial charge on any atom is 0.169 e. The van der Waals surface area contributed by atoms with Crippen LogP contribution in [0.1, 0.15) is 58.8 Å². The van der Waals surface area contributed by atoms with Crippen molar-refractivity contribution in [2.45, 2.75) is 82.4 Å². The fraction of sp³-hybridized carbons (Fsp3) is 0.905. The van der Waals surface area contributed by atoms with Gasteiger partial charge in [-0.05, 0) is 69.1 Å². The number of aliphatic hydroxyl groups excluding tert-OH is 2. The molecular formula is C21H30O4. The molecule has 25 heavy (non-hydrogen) atoms. The molecule has 6 aliphatic rings. The predicted octanol–water partition coefficient (Wildman–Crippen LogP) is 2.78. The van der Waals surface area contributed by atoms with E-state index in [1.54, 1.807) is 0 Å². The van der Waals surface area contributed by atoms with Gasteiger partial charge < -0.3 is 19.7 Å². The van der Waals surface area contributed by atoms with Gasteiger partial charge in [-0.2, -0.15) is 0 Å². The van der Waals surface area contributed by atoms with Crippen LogP contribution in [0.5, 0.6) is 0 Å². The van der Waals surface area contributed by atoms with E-state index in [2.05, 4.69) is 19.9 Å².